The third kappa shape index (κ3) is 5.47. The molecule has 2 rings (SSSR count). The van der Waals surface area contributed by atoms with Crippen molar-refractivity contribution >= 4 is 44.8 Å². The number of anilines is 1. The Morgan fingerprint density at radius 1 is 1.22 bits per heavy atom. The lowest BCUT2D eigenvalue weighted by Gasteiger charge is -2.09. The summed E-state index contributed by atoms with van der Waals surface area (Å²) >= 11 is 11.9. The molecule has 1 amide bonds. The molecule has 1 aromatic carbocycles. The monoisotopic (exact) mass is 373 g/mol. The molecule has 0 atom stereocenters. The predicted molar refractivity (Wildman–Crippen MR) is 90.3 cm³/mol. The molecule has 6 nitrogen and oxygen atoms in total. The van der Waals surface area contributed by atoms with E-state index in [9.17, 15) is 13.2 Å². The van der Waals surface area contributed by atoms with Crippen LogP contribution in [0.4, 0.5) is 5.69 Å². The number of nitrogens with zero attached hydrogens (tertiary/aromatic N) is 1. The predicted octanol–water partition coefficient (Wildman–Crippen LogP) is 2.69. The summed E-state index contributed by atoms with van der Waals surface area (Å²) in [5.74, 6) is -0.405. The van der Waals surface area contributed by atoms with Crippen molar-refractivity contribution in [3.05, 3.63) is 57.8 Å². The van der Waals surface area contributed by atoms with Crippen LogP contribution in [0.25, 0.3) is 0 Å². The zero-order chi connectivity index (χ0) is 17.0. The molecule has 0 spiro atoms. The Balaban J connectivity index is 2.15. The number of carbonyl (C=O) groups excluding carboxylic acids is 1. The molecule has 0 aliphatic rings. The molecular weight excluding hydrogens is 361 g/mol. The number of amides is 1. The summed E-state index contributed by atoms with van der Waals surface area (Å²) in [5.41, 5.74) is 1.12. The maximum absolute atomic E-state index is 12.3. The van der Waals surface area contributed by atoms with Crippen LogP contribution < -0.4 is 10.0 Å². The number of hydrogen-bond donors (Lipinski definition) is 2. The van der Waals surface area contributed by atoms with Gasteiger partial charge in [-0.1, -0.05) is 23.2 Å². The van der Waals surface area contributed by atoms with E-state index in [1.54, 1.807) is 12.1 Å². The molecule has 0 unspecified atom stereocenters. The Bertz CT molecular complexity index is 841. The van der Waals surface area contributed by atoms with Crippen LogP contribution in [-0.2, 0) is 16.6 Å². The Labute approximate surface area is 143 Å². The minimum atomic E-state index is -3.34. The van der Waals surface area contributed by atoms with Gasteiger partial charge in [-0.3, -0.25) is 9.78 Å². The molecule has 122 valence electrons. The maximum Gasteiger partial charge on any atom is 0.255 e. The maximum atomic E-state index is 12.3. The molecule has 9 heteroatoms. The van der Waals surface area contributed by atoms with Gasteiger partial charge in [-0.2, -0.15) is 0 Å². The van der Waals surface area contributed by atoms with Crippen molar-refractivity contribution in [1.29, 1.82) is 0 Å². The van der Waals surface area contributed by atoms with Crippen LogP contribution in [0.2, 0.25) is 10.0 Å². The first kappa shape index (κ1) is 17.7. The van der Waals surface area contributed by atoms with Gasteiger partial charge in [-0.25, -0.2) is 13.1 Å². The van der Waals surface area contributed by atoms with E-state index in [-0.39, 0.29) is 6.54 Å². The lowest BCUT2D eigenvalue weighted by Crippen LogP contribution is -2.22. The first-order valence-corrected chi connectivity index (χ1v) is 9.05. The fourth-order valence-corrected chi connectivity index (χ4v) is 2.46. The van der Waals surface area contributed by atoms with E-state index in [1.165, 1.54) is 24.4 Å². The summed E-state index contributed by atoms with van der Waals surface area (Å²) < 4.78 is 24.5. The van der Waals surface area contributed by atoms with Crippen LogP contribution in [0, 0.1) is 0 Å². The van der Waals surface area contributed by atoms with Gasteiger partial charge in [0.1, 0.15) is 0 Å². The average molecular weight is 374 g/mol. The molecule has 0 aliphatic carbocycles. The van der Waals surface area contributed by atoms with E-state index in [4.69, 9.17) is 23.2 Å². The molecule has 0 aliphatic heterocycles. The van der Waals surface area contributed by atoms with Crippen molar-refractivity contribution < 1.29 is 13.2 Å². The highest BCUT2D eigenvalue weighted by Gasteiger charge is 2.11. The quantitative estimate of drug-likeness (QED) is 0.842. The van der Waals surface area contributed by atoms with Gasteiger partial charge in [-0.05, 0) is 30.3 Å². The van der Waals surface area contributed by atoms with Crippen molar-refractivity contribution in [3.8, 4) is 0 Å². The van der Waals surface area contributed by atoms with Crippen molar-refractivity contribution in [2.45, 2.75) is 6.54 Å². The summed E-state index contributed by atoms with van der Waals surface area (Å²) in [5, 5.41) is 3.44. The van der Waals surface area contributed by atoms with E-state index < -0.39 is 15.9 Å². The molecule has 2 aromatic rings. The summed E-state index contributed by atoms with van der Waals surface area (Å²) in [6.07, 6.45) is 2.47. The van der Waals surface area contributed by atoms with E-state index in [2.05, 4.69) is 15.0 Å². The minimum absolute atomic E-state index is 0.00211. The molecule has 0 radical (unpaired) electrons. The van der Waals surface area contributed by atoms with E-state index in [1.807, 2.05) is 0 Å². The first-order valence-electron chi connectivity index (χ1n) is 6.40. The Morgan fingerprint density at radius 2 is 1.96 bits per heavy atom. The summed E-state index contributed by atoms with van der Waals surface area (Å²) in [6, 6.07) is 7.73. The molecule has 0 saturated heterocycles. The van der Waals surface area contributed by atoms with Crippen LogP contribution in [0.3, 0.4) is 0 Å². The molecule has 23 heavy (non-hydrogen) atoms. The van der Waals surface area contributed by atoms with E-state index in [0.29, 0.717) is 27.0 Å². The van der Waals surface area contributed by atoms with Gasteiger partial charge in [0, 0.05) is 16.8 Å². The Hall–Kier alpha value is -1.67. The lowest BCUT2D eigenvalue weighted by molar-refractivity contribution is 0.102. The lowest BCUT2D eigenvalue weighted by atomic mass is 10.2. The summed E-state index contributed by atoms with van der Waals surface area (Å²) in [6.45, 7) is -0.00211. The number of sulfonamides is 1. The van der Waals surface area contributed by atoms with Gasteiger partial charge in [0.2, 0.25) is 10.0 Å². The van der Waals surface area contributed by atoms with E-state index >= 15 is 0 Å². The molecule has 0 fully saturated rings. The second-order valence-electron chi connectivity index (χ2n) is 4.71. The normalized spacial score (nSPS) is 11.3. The van der Waals surface area contributed by atoms with Gasteiger partial charge in [-0.15, -0.1) is 0 Å². The topological polar surface area (TPSA) is 88.2 Å². The van der Waals surface area contributed by atoms with Crippen molar-refractivity contribution in [2.24, 2.45) is 0 Å². The van der Waals surface area contributed by atoms with Crippen molar-refractivity contribution in [2.75, 3.05) is 11.6 Å². The molecule has 2 N–H and O–H groups in total. The van der Waals surface area contributed by atoms with Crippen LogP contribution >= 0.6 is 23.2 Å². The zero-order valence-corrected chi connectivity index (χ0v) is 14.3. The Morgan fingerprint density at radius 3 is 2.65 bits per heavy atom. The van der Waals surface area contributed by atoms with Gasteiger partial charge < -0.3 is 5.32 Å². The molecule has 1 aromatic heterocycles. The zero-order valence-electron chi connectivity index (χ0n) is 12.0. The summed E-state index contributed by atoms with van der Waals surface area (Å²) in [4.78, 5) is 16.3. The highest BCUT2D eigenvalue weighted by Crippen LogP contribution is 2.25. The number of halogens is 2. The van der Waals surface area contributed by atoms with Crippen LogP contribution in [-0.4, -0.2) is 25.6 Å². The third-order valence-electron chi connectivity index (χ3n) is 2.77. The van der Waals surface area contributed by atoms with Crippen LogP contribution in [0.1, 0.15) is 16.1 Å². The van der Waals surface area contributed by atoms with Gasteiger partial charge in [0.25, 0.3) is 5.91 Å². The SMILES string of the molecule is CS(=O)(=O)NCc1cc(C(=O)Nc2cc(Cl)ccc2Cl)ccn1. The second kappa shape index (κ2) is 7.27. The van der Waals surface area contributed by atoms with Crippen LogP contribution in [0.15, 0.2) is 36.5 Å². The largest absolute Gasteiger partial charge is 0.321 e. The Kier molecular flexibility index (Phi) is 5.59. The number of nitrogens with one attached hydrogen (secondary N) is 2. The fraction of sp³-hybridized carbons (Fsp3) is 0.143. The molecule has 0 bridgehead atoms. The number of rotatable bonds is 5. The van der Waals surface area contributed by atoms with Gasteiger partial charge >= 0.3 is 0 Å². The number of pyridine rings is 1. The highest BCUT2D eigenvalue weighted by atomic mass is 35.5. The highest BCUT2D eigenvalue weighted by molar-refractivity contribution is 7.88. The van der Waals surface area contributed by atoms with Crippen LogP contribution in [0.5, 0.6) is 0 Å². The van der Waals surface area contributed by atoms with Crippen molar-refractivity contribution in [3.63, 3.8) is 0 Å². The number of benzene rings is 1. The first-order chi connectivity index (χ1) is 10.7. The average Bonchev–Trinajstić information content (AvgIpc) is 2.48. The molecule has 1 heterocycles. The number of aromatic nitrogens is 1. The minimum Gasteiger partial charge on any atom is -0.321 e. The van der Waals surface area contributed by atoms with Gasteiger partial charge in [0.15, 0.2) is 0 Å². The number of hydrogen-bond acceptors (Lipinski definition) is 4. The van der Waals surface area contributed by atoms with Gasteiger partial charge in [0.05, 0.1) is 29.2 Å². The fourth-order valence-electron chi connectivity index (χ4n) is 1.71. The van der Waals surface area contributed by atoms with E-state index in [0.717, 1.165) is 6.26 Å². The standard InChI is InChI=1S/C14H13Cl2N3O3S/c1-23(21,22)18-8-11-6-9(4-5-17-11)14(20)19-13-7-10(15)2-3-12(13)16/h2-7,18H,8H2,1H3,(H,19,20). The second-order valence-corrected chi connectivity index (χ2v) is 7.38. The van der Waals surface area contributed by atoms with Crippen molar-refractivity contribution in [1.82, 2.24) is 9.71 Å². The molecular formula is C14H13Cl2N3O3S. The molecule has 0 saturated carbocycles. The third-order valence-corrected chi connectivity index (χ3v) is 4.00. The number of carbonyl (C=O) groups is 1. The summed E-state index contributed by atoms with van der Waals surface area (Å²) in [7, 11) is -3.34. The smallest absolute Gasteiger partial charge is 0.255 e.